The van der Waals surface area contributed by atoms with Gasteiger partial charge in [0.25, 0.3) is 0 Å². The average molecular weight is 163 g/mol. The second kappa shape index (κ2) is 2.77. The van der Waals surface area contributed by atoms with Crippen molar-refractivity contribution in [1.29, 1.82) is 0 Å². The van der Waals surface area contributed by atoms with Gasteiger partial charge in [-0.25, -0.2) is 0 Å². The topological polar surface area (TPSA) is 29.1 Å². The van der Waals surface area contributed by atoms with E-state index in [1.807, 2.05) is 0 Å². The molecule has 0 saturated heterocycles. The minimum atomic E-state index is 0.177. The predicted molar refractivity (Wildman–Crippen MR) is 47.3 cm³/mol. The standard InChI is InChI=1S/C10H13NO/c1-7-6-10(12)11-9-5-3-2-4-8(7)9/h2,4,7H,3,5-6H2,1H3,(H,11,12). The van der Waals surface area contributed by atoms with E-state index in [9.17, 15) is 4.79 Å². The van der Waals surface area contributed by atoms with Crippen molar-refractivity contribution in [3.8, 4) is 0 Å². The van der Waals surface area contributed by atoms with Crippen molar-refractivity contribution in [3.63, 3.8) is 0 Å². The lowest BCUT2D eigenvalue weighted by Gasteiger charge is -2.26. The molecule has 0 aromatic heterocycles. The van der Waals surface area contributed by atoms with Gasteiger partial charge in [0.1, 0.15) is 0 Å². The molecule has 0 aromatic carbocycles. The molecule has 1 amide bonds. The van der Waals surface area contributed by atoms with Crippen molar-refractivity contribution in [2.45, 2.75) is 26.2 Å². The summed E-state index contributed by atoms with van der Waals surface area (Å²) in [7, 11) is 0. The van der Waals surface area contributed by atoms with Gasteiger partial charge >= 0.3 is 0 Å². The molecule has 2 rings (SSSR count). The molecule has 0 aromatic rings. The first kappa shape index (κ1) is 7.59. The number of amides is 1. The number of nitrogens with one attached hydrogen (secondary N) is 1. The number of rotatable bonds is 0. The minimum absolute atomic E-state index is 0.177. The van der Waals surface area contributed by atoms with E-state index in [-0.39, 0.29) is 5.91 Å². The molecule has 2 aliphatic rings. The second-order valence-corrected chi connectivity index (χ2v) is 3.53. The molecule has 0 saturated carbocycles. The lowest BCUT2D eigenvalue weighted by atomic mass is 9.88. The van der Waals surface area contributed by atoms with E-state index in [1.54, 1.807) is 0 Å². The van der Waals surface area contributed by atoms with Crippen LogP contribution in [0.4, 0.5) is 0 Å². The third-order valence-electron chi connectivity index (χ3n) is 2.52. The fourth-order valence-corrected chi connectivity index (χ4v) is 1.89. The van der Waals surface area contributed by atoms with Crippen LogP contribution in [0.15, 0.2) is 23.4 Å². The van der Waals surface area contributed by atoms with Gasteiger partial charge in [0.15, 0.2) is 0 Å². The molecule has 1 heterocycles. The van der Waals surface area contributed by atoms with Crippen molar-refractivity contribution >= 4 is 5.91 Å². The highest BCUT2D eigenvalue weighted by Crippen LogP contribution is 2.28. The monoisotopic (exact) mass is 163 g/mol. The quantitative estimate of drug-likeness (QED) is 0.579. The Morgan fingerprint density at radius 3 is 3.25 bits per heavy atom. The van der Waals surface area contributed by atoms with Crippen LogP contribution in [0.3, 0.4) is 0 Å². The predicted octanol–water partition coefficient (Wildman–Crippen LogP) is 1.75. The molecule has 1 atom stereocenters. The Morgan fingerprint density at radius 1 is 1.58 bits per heavy atom. The van der Waals surface area contributed by atoms with E-state index in [1.165, 1.54) is 5.57 Å². The summed E-state index contributed by atoms with van der Waals surface area (Å²) in [5.74, 6) is 0.585. The number of carbonyl (C=O) groups excluding carboxylic acids is 1. The van der Waals surface area contributed by atoms with E-state index in [0.717, 1.165) is 18.5 Å². The average Bonchev–Trinajstić information content (AvgIpc) is 2.04. The van der Waals surface area contributed by atoms with Gasteiger partial charge in [0.05, 0.1) is 0 Å². The first-order valence-corrected chi connectivity index (χ1v) is 4.47. The largest absolute Gasteiger partial charge is 0.329 e. The molecule has 2 nitrogen and oxygen atoms in total. The van der Waals surface area contributed by atoms with E-state index in [2.05, 4.69) is 24.4 Å². The van der Waals surface area contributed by atoms with Crippen LogP contribution in [-0.4, -0.2) is 5.91 Å². The van der Waals surface area contributed by atoms with Crippen LogP contribution < -0.4 is 5.32 Å². The van der Waals surface area contributed by atoms with Crippen LogP contribution in [0.1, 0.15) is 26.2 Å². The van der Waals surface area contributed by atoms with Crippen LogP contribution in [0, 0.1) is 5.92 Å². The summed E-state index contributed by atoms with van der Waals surface area (Å²) in [4.78, 5) is 11.2. The van der Waals surface area contributed by atoms with Crippen molar-refractivity contribution < 1.29 is 4.79 Å². The highest BCUT2D eigenvalue weighted by atomic mass is 16.1. The highest BCUT2D eigenvalue weighted by Gasteiger charge is 2.23. The summed E-state index contributed by atoms with van der Waals surface area (Å²) in [6.07, 6.45) is 7.05. The maximum absolute atomic E-state index is 11.2. The van der Waals surface area contributed by atoms with Crippen LogP contribution >= 0.6 is 0 Å². The summed E-state index contributed by atoms with van der Waals surface area (Å²) in [6.45, 7) is 2.11. The number of carbonyl (C=O) groups is 1. The number of allylic oxidation sites excluding steroid dienone is 4. The molecule has 1 unspecified atom stereocenters. The molecule has 64 valence electrons. The third kappa shape index (κ3) is 1.17. The maximum atomic E-state index is 11.2. The third-order valence-corrected chi connectivity index (χ3v) is 2.52. The summed E-state index contributed by atoms with van der Waals surface area (Å²) in [6, 6.07) is 0. The molecule has 2 heteroatoms. The van der Waals surface area contributed by atoms with E-state index in [4.69, 9.17) is 0 Å². The van der Waals surface area contributed by atoms with Crippen LogP contribution in [0.2, 0.25) is 0 Å². The SMILES string of the molecule is CC1CC(=O)NC2=C1C=CCC2. The van der Waals surface area contributed by atoms with Gasteiger partial charge in [-0.15, -0.1) is 0 Å². The minimum Gasteiger partial charge on any atom is -0.329 e. The molecule has 0 spiro atoms. The van der Waals surface area contributed by atoms with E-state index >= 15 is 0 Å². The smallest absolute Gasteiger partial charge is 0.224 e. The molecule has 0 fully saturated rings. The van der Waals surface area contributed by atoms with Crippen LogP contribution in [0.5, 0.6) is 0 Å². The van der Waals surface area contributed by atoms with Gasteiger partial charge in [-0.3, -0.25) is 4.79 Å². The lowest BCUT2D eigenvalue weighted by Crippen LogP contribution is -2.32. The zero-order valence-electron chi connectivity index (χ0n) is 7.26. The Hall–Kier alpha value is -1.05. The van der Waals surface area contributed by atoms with Gasteiger partial charge in [-0.1, -0.05) is 19.1 Å². The molecule has 0 bridgehead atoms. The fourth-order valence-electron chi connectivity index (χ4n) is 1.89. The molecule has 1 N–H and O–H groups in total. The zero-order valence-corrected chi connectivity index (χ0v) is 7.26. The van der Waals surface area contributed by atoms with Crippen molar-refractivity contribution in [1.82, 2.24) is 5.32 Å². The number of hydrogen-bond acceptors (Lipinski definition) is 1. The molecule has 0 radical (unpaired) electrons. The van der Waals surface area contributed by atoms with E-state index < -0.39 is 0 Å². The van der Waals surface area contributed by atoms with Crippen molar-refractivity contribution in [2.24, 2.45) is 5.92 Å². The van der Waals surface area contributed by atoms with E-state index in [0.29, 0.717) is 12.3 Å². The van der Waals surface area contributed by atoms with Gasteiger partial charge in [0.2, 0.25) is 5.91 Å². The molecule has 1 aliphatic carbocycles. The summed E-state index contributed by atoms with van der Waals surface area (Å²) in [5.41, 5.74) is 2.49. The normalized spacial score (nSPS) is 28.4. The lowest BCUT2D eigenvalue weighted by molar-refractivity contribution is -0.121. The summed E-state index contributed by atoms with van der Waals surface area (Å²) in [5, 5.41) is 2.94. The van der Waals surface area contributed by atoms with Gasteiger partial charge in [-0.2, -0.15) is 0 Å². The van der Waals surface area contributed by atoms with Crippen molar-refractivity contribution in [2.75, 3.05) is 0 Å². The van der Waals surface area contributed by atoms with Crippen LogP contribution in [-0.2, 0) is 4.79 Å². The Kier molecular flexibility index (Phi) is 1.75. The highest BCUT2D eigenvalue weighted by molar-refractivity contribution is 5.80. The maximum Gasteiger partial charge on any atom is 0.224 e. The molecule has 12 heavy (non-hydrogen) atoms. The second-order valence-electron chi connectivity index (χ2n) is 3.53. The summed E-state index contributed by atoms with van der Waals surface area (Å²) < 4.78 is 0. The Balaban J connectivity index is 2.33. The Bertz CT molecular complexity index is 276. The van der Waals surface area contributed by atoms with Gasteiger partial charge in [-0.05, 0) is 24.3 Å². The Labute approximate surface area is 72.3 Å². The molecule has 1 aliphatic heterocycles. The van der Waals surface area contributed by atoms with Gasteiger partial charge in [0, 0.05) is 12.1 Å². The Morgan fingerprint density at radius 2 is 2.42 bits per heavy atom. The molecular formula is C10H13NO. The van der Waals surface area contributed by atoms with Crippen molar-refractivity contribution in [3.05, 3.63) is 23.4 Å². The summed E-state index contributed by atoms with van der Waals surface area (Å²) >= 11 is 0. The number of hydrogen-bond donors (Lipinski definition) is 1. The first-order chi connectivity index (χ1) is 5.77. The molecular weight excluding hydrogens is 150 g/mol. The zero-order chi connectivity index (χ0) is 8.55. The van der Waals surface area contributed by atoms with Crippen LogP contribution in [0.25, 0.3) is 0 Å². The fraction of sp³-hybridized carbons (Fsp3) is 0.500. The first-order valence-electron chi connectivity index (χ1n) is 4.47. The van der Waals surface area contributed by atoms with Gasteiger partial charge < -0.3 is 5.32 Å².